The van der Waals surface area contributed by atoms with Gasteiger partial charge in [-0.1, -0.05) is 41.6 Å². The van der Waals surface area contributed by atoms with Crippen LogP contribution in [0.3, 0.4) is 0 Å². The van der Waals surface area contributed by atoms with E-state index in [4.69, 9.17) is 9.57 Å². The third-order valence-electron chi connectivity index (χ3n) is 3.26. The van der Waals surface area contributed by atoms with Crippen LogP contribution in [0, 0.1) is 0 Å². The number of oxime groups is 1. The summed E-state index contributed by atoms with van der Waals surface area (Å²) in [6.07, 6.45) is 1.66. The molecule has 1 aliphatic rings. The number of nitrogens with zero attached hydrogens (tertiary/aromatic N) is 1. The van der Waals surface area contributed by atoms with Gasteiger partial charge in [0.05, 0.1) is 12.7 Å². The average molecular weight is 295 g/mol. The van der Waals surface area contributed by atoms with Crippen LogP contribution in [0.5, 0.6) is 11.5 Å². The standard InChI is InChI=1S/C17H13NO4/c1-21-15-10-11(7-8-14(15)19)9-13-16(18-22-17(13)20)12-5-3-2-4-6-12/h2-10,19H,1H3/b13-9-. The molecule has 110 valence electrons. The third kappa shape index (κ3) is 2.56. The number of phenols is 1. The second kappa shape index (κ2) is 5.73. The molecule has 5 nitrogen and oxygen atoms in total. The lowest BCUT2D eigenvalue weighted by Crippen LogP contribution is -2.06. The summed E-state index contributed by atoms with van der Waals surface area (Å²) in [7, 11) is 1.46. The molecule has 1 N–H and O–H groups in total. The number of rotatable bonds is 3. The summed E-state index contributed by atoms with van der Waals surface area (Å²) in [4.78, 5) is 16.7. The summed E-state index contributed by atoms with van der Waals surface area (Å²) in [6.45, 7) is 0. The Morgan fingerprint density at radius 3 is 2.68 bits per heavy atom. The number of ether oxygens (including phenoxy) is 1. The van der Waals surface area contributed by atoms with Crippen LogP contribution in [-0.4, -0.2) is 23.9 Å². The SMILES string of the molecule is COc1cc(/C=C2\C(=O)ON=C2c2ccccc2)ccc1O. The van der Waals surface area contributed by atoms with Gasteiger partial charge in [-0.25, -0.2) is 4.79 Å². The first kappa shape index (κ1) is 13.9. The minimum atomic E-state index is -0.508. The monoisotopic (exact) mass is 295 g/mol. The first-order valence-electron chi connectivity index (χ1n) is 6.63. The number of hydrogen-bond acceptors (Lipinski definition) is 5. The van der Waals surface area contributed by atoms with Gasteiger partial charge >= 0.3 is 5.97 Å². The molecule has 0 saturated heterocycles. The first-order chi connectivity index (χ1) is 10.7. The van der Waals surface area contributed by atoms with Gasteiger partial charge in [0, 0.05) is 5.56 Å². The topological polar surface area (TPSA) is 68.1 Å². The summed E-state index contributed by atoms with van der Waals surface area (Å²) in [5, 5.41) is 13.5. The minimum absolute atomic E-state index is 0.0376. The Bertz CT molecular complexity index is 779. The molecule has 3 rings (SSSR count). The zero-order valence-electron chi connectivity index (χ0n) is 11.8. The normalized spacial score (nSPS) is 15.6. The lowest BCUT2D eigenvalue weighted by atomic mass is 10.0. The molecule has 0 aliphatic carbocycles. The molecular weight excluding hydrogens is 282 g/mol. The first-order valence-corrected chi connectivity index (χ1v) is 6.63. The van der Waals surface area contributed by atoms with E-state index in [9.17, 15) is 9.90 Å². The van der Waals surface area contributed by atoms with E-state index >= 15 is 0 Å². The largest absolute Gasteiger partial charge is 0.504 e. The van der Waals surface area contributed by atoms with E-state index in [0.717, 1.165) is 5.56 Å². The van der Waals surface area contributed by atoms with E-state index in [1.165, 1.54) is 13.2 Å². The fraction of sp³-hybridized carbons (Fsp3) is 0.0588. The van der Waals surface area contributed by atoms with Gasteiger partial charge in [-0.15, -0.1) is 0 Å². The molecule has 1 heterocycles. The van der Waals surface area contributed by atoms with Crippen molar-refractivity contribution in [2.45, 2.75) is 0 Å². The van der Waals surface area contributed by atoms with Gasteiger partial charge in [0.1, 0.15) is 5.71 Å². The van der Waals surface area contributed by atoms with E-state index in [2.05, 4.69) is 5.16 Å². The Kier molecular flexibility index (Phi) is 3.62. The van der Waals surface area contributed by atoms with E-state index in [1.54, 1.807) is 18.2 Å². The third-order valence-corrected chi connectivity index (χ3v) is 3.26. The molecule has 0 unspecified atom stereocenters. The Labute approximate surface area is 127 Å². The van der Waals surface area contributed by atoms with Crippen molar-refractivity contribution in [3.8, 4) is 11.5 Å². The molecule has 22 heavy (non-hydrogen) atoms. The summed E-state index contributed by atoms with van der Waals surface area (Å²) in [5.74, 6) is -0.139. The van der Waals surface area contributed by atoms with Crippen molar-refractivity contribution in [1.29, 1.82) is 0 Å². The van der Waals surface area contributed by atoms with Crippen LogP contribution in [0.4, 0.5) is 0 Å². The summed E-state index contributed by atoms with van der Waals surface area (Å²) >= 11 is 0. The zero-order valence-corrected chi connectivity index (χ0v) is 11.8. The predicted octanol–water partition coefficient (Wildman–Crippen LogP) is 2.75. The van der Waals surface area contributed by atoms with Crippen molar-refractivity contribution in [2.24, 2.45) is 5.16 Å². The number of hydrogen-bond donors (Lipinski definition) is 1. The van der Waals surface area contributed by atoms with Gasteiger partial charge in [0.15, 0.2) is 11.5 Å². The highest BCUT2D eigenvalue weighted by molar-refractivity contribution is 6.31. The fourth-order valence-electron chi connectivity index (χ4n) is 2.16. The van der Waals surface area contributed by atoms with E-state index in [0.29, 0.717) is 22.6 Å². The maximum Gasteiger partial charge on any atom is 0.368 e. The molecule has 0 atom stereocenters. The molecule has 5 heteroatoms. The lowest BCUT2D eigenvalue weighted by Gasteiger charge is -2.05. The molecule has 2 aromatic carbocycles. The summed E-state index contributed by atoms with van der Waals surface area (Å²) in [6, 6.07) is 14.1. The highest BCUT2D eigenvalue weighted by atomic mass is 16.7. The van der Waals surface area contributed by atoms with Crippen LogP contribution in [0.1, 0.15) is 11.1 Å². The second-order valence-corrected chi connectivity index (χ2v) is 4.67. The van der Waals surface area contributed by atoms with Crippen molar-refractivity contribution < 1.29 is 19.5 Å². The molecule has 1 aliphatic heterocycles. The number of carbonyl (C=O) groups excluding carboxylic acids is 1. The van der Waals surface area contributed by atoms with Crippen LogP contribution in [0.2, 0.25) is 0 Å². The van der Waals surface area contributed by atoms with Gasteiger partial charge in [0.2, 0.25) is 0 Å². The molecular formula is C17H13NO4. The maximum absolute atomic E-state index is 11.9. The van der Waals surface area contributed by atoms with Gasteiger partial charge < -0.3 is 14.7 Å². The van der Waals surface area contributed by atoms with Crippen LogP contribution in [-0.2, 0) is 9.63 Å². The van der Waals surface area contributed by atoms with Crippen molar-refractivity contribution in [3.63, 3.8) is 0 Å². The van der Waals surface area contributed by atoms with Crippen LogP contribution < -0.4 is 4.74 Å². The number of benzene rings is 2. The Morgan fingerprint density at radius 2 is 1.95 bits per heavy atom. The van der Waals surface area contributed by atoms with E-state index in [-0.39, 0.29) is 5.75 Å². The molecule has 0 amide bonds. The molecule has 0 fully saturated rings. The number of aromatic hydroxyl groups is 1. The number of phenolic OH excluding ortho intramolecular Hbond substituents is 1. The second-order valence-electron chi connectivity index (χ2n) is 4.67. The van der Waals surface area contributed by atoms with E-state index < -0.39 is 5.97 Å². The van der Waals surface area contributed by atoms with Gasteiger partial charge in [-0.3, -0.25) is 0 Å². The van der Waals surface area contributed by atoms with Crippen molar-refractivity contribution in [3.05, 3.63) is 65.2 Å². The quantitative estimate of drug-likeness (QED) is 0.698. The molecule has 2 aromatic rings. The van der Waals surface area contributed by atoms with Gasteiger partial charge in [0.25, 0.3) is 0 Å². The molecule has 0 radical (unpaired) electrons. The van der Waals surface area contributed by atoms with Crippen molar-refractivity contribution >= 4 is 17.8 Å². The van der Waals surface area contributed by atoms with Crippen LogP contribution >= 0.6 is 0 Å². The Balaban J connectivity index is 2.02. The zero-order chi connectivity index (χ0) is 15.5. The van der Waals surface area contributed by atoms with Crippen molar-refractivity contribution in [1.82, 2.24) is 0 Å². The van der Waals surface area contributed by atoms with Gasteiger partial charge in [-0.05, 0) is 23.8 Å². The Hall–Kier alpha value is -3.08. The molecule has 0 saturated carbocycles. The smallest absolute Gasteiger partial charge is 0.368 e. The summed E-state index contributed by atoms with van der Waals surface area (Å²) in [5.41, 5.74) is 2.34. The molecule has 0 aromatic heterocycles. The molecule has 0 spiro atoms. The van der Waals surface area contributed by atoms with Crippen LogP contribution in [0.15, 0.2) is 59.3 Å². The average Bonchev–Trinajstić information content (AvgIpc) is 2.91. The Morgan fingerprint density at radius 1 is 1.18 bits per heavy atom. The number of carbonyl (C=O) groups is 1. The lowest BCUT2D eigenvalue weighted by molar-refractivity contribution is -0.136. The maximum atomic E-state index is 11.9. The molecule has 0 bridgehead atoms. The summed E-state index contributed by atoms with van der Waals surface area (Å²) < 4.78 is 5.06. The fourth-order valence-corrected chi connectivity index (χ4v) is 2.16. The predicted molar refractivity (Wildman–Crippen MR) is 81.7 cm³/mol. The highest BCUT2D eigenvalue weighted by Crippen LogP contribution is 2.28. The van der Waals surface area contributed by atoms with Crippen molar-refractivity contribution in [2.75, 3.05) is 7.11 Å². The van der Waals surface area contributed by atoms with Gasteiger partial charge in [-0.2, -0.15) is 0 Å². The number of methoxy groups -OCH3 is 1. The highest BCUT2D eigenvalue weighted by Gasteiger charge is 2.26. The van der Waals surface area contributed by atoms with Crippen LogP contribution in [0.25, 0.3) is 6.08 Å². The minimum Gasteiger partial charge on any atom is -0.504 e. The van der Waals surface area contributed by atoms with E-state index in [1.807, 2.05) is 30.3 Å².